The fraction of sp³-hybridized carbons (Fsp3) is 0. The summed E-state index contributed by atoms with van der Waals surface area (Å²) in [4.78, 5) is 0. The molecule has 82 valence electrons. The molecule has 0 N–H and O–H groups in total. The van der Waals surface area contributed by atoms with Crippen LogP contribution in [0.1, 0.15) is 0 Å². The van der Waals surface area contributed by atoms with Gasteiger partial charge in [0.15, 0.2) is 0 Å². The molecule has 0 fully saturated rings. The van der Waals surface area contributed by atoms with Gasteiger partial charge in [0.25, 0.3) is 0 Å². The molecule has 16 heavy (non-hydrogen) atoms. The summed E-state index contributed by atoms with van der Waals surface area (Å²) in [5.41, 5.74) is 0. The van der Waals surface area contributed by atoms with Crippen LogP contribution in [-0.4, -0.2) is 19.5 Å². The predicted molar refractivity (Wildman–Crippen MR) is 68.6 cm³/mol. The van der Waals surface area contributed by atoms with Crippen LogP contribution in [-0.2, 0) is 3.10 Å². The number of hydrogen-bond donors (Lipinski definition) is 0. The second-order valence-corrected chi connectivity index (χ2v) is 8.27. The van der Waals surface area contributed by atoms with E-state index in [-0.39, 0.29) is 0 Å². The molecule has 0 spiro atoms. The van der Waals surface area contributed by atoms with Crippen LogP contribution in [0.5, 0.6) is 0 Å². The molecule has 0 saturated heterocycles. The van der Waals surface area contributed by atoms with E-state index in [0.29, 0.717) is 10.0 Å². The van der Waals surface area contributed by atoms with Crippen LogP contribution in [0.3, 0.4) is 0 Å². The van der Waals surface area contributed by atoms with Gasteiger partial charge < -0.3 is 0 Å². The van der Waals surface area contributed by atoms with Gasteiger partial charge in [-0.1, -0.05) is 0 Å². The van der Waals surface area contributed by atoms with E-state index < -0.39 is 19.5 Å². The van der Waals surface area contributed by atoms with E-state index in [1.165, 1.54) is 0 Å². The Morgan fingerprint density at radius 1 is 0.688 bits per heavy atom. The van der Waals surface area contributed by atoms with E-state index in [4.69, 9.17) is 23.2 Å². The van der Waals surface area contributed by atoms with Gasteiger partial charge in [-0.3, -0.25) is 0 Å². The van der Waals surface area contributed by atoms with Crippen LogP contribution in [0, 0.1) is 0 Å². The Labute approximate surface area is 111 Å². The standard InChI is InChI=1S/C12H8Cl2OTe/c13-9-1-5-11(6-2-9)16(15)12-7-3-10(14)4-8-12/h1-8H. The van der Waals surface area contributed by atoms with E-state index in [0.717, 1.165) is 7.22 Å². The van der Waals surface area contributed by atoms with Crippen molar-refractivity contribution in [1.29, 1.82) is 0 Å². The summed E-state index contributed by atoms with van der Waals surface area (Å²) >= 11 is 8.92. The Morgan fingerprint density at radius 2 is 1.00 bits per heavy atom. The first-order chi connectivity index (χ1) is 7.66. The van der Waals surface area contributed by atoms with Gasteiger partial charge in [-0.2, -0.15) is 0 Å². The van der Waals surface area contributed by atoms with Crippen LogP contribution in [0.2, 0.25) is 10.0 Å². The fourth-order valence-electron chi connectivity index (χ4n) is 1.25. The molecule has 2 rings (SSSR count). The van der Waals surface area contributed by atoms with Crippen LogP contribution < -0.4 is 7.22 Å². The molecular weight excluding hydrogens is 359 g/mol. The van der Waals surface area contributed by atoms with Gasteiger partial charge >= 0.3 is 112 Å². The molecule has 2 aromatic carbocycles. The van der Waals surface area contributed by atoms with Gasteiger partial charge in [0, 0.05) is 0 Å². The van der Waals surface area contributed by atoms with Crippen molar-refractivity contribution in [2.45, 2.75) is 0 Å². The summed E-state index contributed by atoms with van der Waals surface area (Å²) in [6.07, 6.45) is 0. The van der Waals surface area contributed by atoms with E-state index in [1.54, 1.807) is 24.3 Å². The first-order valence-electron chi connectivity index (χ1n) is 4.60. The van der Waals surface area contributed by atoms with E-state index in [9.17, 15) is 3.10 Å². The van der Waals surface area contributed by atoms with Crippen molar-refractivity contribution in [3.8, 4) is 0 Å². The molecule has 0 bridgehead atoms. The molecule has 0 heterocycles. The van der Waals surface area contributed by atoms with Gasteiger partial charge in [0.2, 0.25) is 0 Å². The summed E-state index contributed by atoms with van der Waals surface area (Å²) in [5.74, 6) is 0. The summed E-state index contributed by atoms with van der Waals surface area (Å²) in [5, 5.41) is 1.32. The predicted octanol–water partition coefficient (Wildman–Crippen LogP) is 2.53. The molecule has 2 aromatic rings. The van der Waals surface area contributed by atoms with Gasteiger partial charge in [0.1, 0.15) is 0 Å². The minimum atomic E-state index is -2.65. The van der Waals surface area contributed by atoms with Gasteiger partial charge in [-0.05, 0) is 0 Å². The van der Waals surface area contributed by atoms with Gasteiger partial charge in [-0.15, -0.1) is 0 Å². The minimum absolute atomic E-state index is 0.659. The quantitative estimate of drug-likeness (QED) is 0.747. The Morgan fingerprint density at radius 3 is 1.31 bits per heavy atom. The van der Waals surface area contributed by atoms with Crippen molar-refractivity contribution in [2.75, 3.05) is 0 Å². The van der Waals surface area contributed by atoms with Crippen LogP contribution in [0.4, 0.5) is 0 Å². The maximum absolute atomic E-state index is 12.2. The molecule has 0 saturated carbocycles. The van der Waals surface area contributed by atoms with Crippen LogP contribution >= 0.6 is 23.2 Å². The number of halogens is 2. The molecule has 0 unspecified atom stereocenters. The third kappa shape index (κ3) is 2.84. The summed E-state index contributed by atoms with van der Waals surface area (Å²) in [6, 6.07) is 14.3. The molecule has 0 amide bonds. The van der Waals surface area contributed by atoms with Crippen molar-refractivity contribution >= 4 is 50.0 Å². The SMILES string of the molecule is O=[Te](c1ccc(Cl)cc1)c1ccc(Cl)cc1. The summed E-state index contributed by atoms with van der Waals surface area (Å²) in [6.45, 7) is 0. The molecule has 0 aromatic heterocycles. The van der Waals surface area contributed by atoms with Crippen molar-refractivity contribution < 1.29 is 3.10 Å². The van der Waals surface area contributed by atoms with Crippen LogP contribution in [0.25, 0.3) is 0 Å². The van der Waals surface area contributed by atoms with Crippen molar-refractivity contribution in [3.05, 3.63) is 58.6 Å². The Bertz CT molecular complexity index is 458. The van der Waals surface area contributed by atoms with Crippen LogP contribution in [0.15, 0.2) is 48.5 Å². The second kappa shape index (κ2) is 5.29. The topological polar surface area (TPSA) is 17.1 Å². The van der Waals surface area contributed by atoms with Gasteiger partial charge in [-0.25, -0.2) is 0 Å². The molecule has 0 radical (unpaired) electrons. The Kier molecular flexibility index (Phi) is 4.00. The molecule has 0 aliphatic carbocycles. The molecule has 1 nitrogen and oxygen atoms in total. The number of benzene rings is 2. The second-order valence-electron chi connectivity index (χ2n) is 3.18. The molecule has 0 aliphatic heterocycles. The molecule has 0 atom stereocenters. The first kappa shape index (κ1) is 12.1. The average Bonchev–Trinajstić information content (AvgIpc) is 2.30. The van der Waals surface area contributed by atoms with Crippen molar-refractivity contribution in [1.82, 2.24) is 0 Å². The van der Waals surface area contributed by atoms with Crippen molar-refractivity contribution in [2.24, 2.45) is 0 Å². The maximum atomic E-state index is 12.2. The van der Waals surface area contributed by atoms with E-state index >= 15 is 0 Å². The van der Waals surface area contributed by atoms with Gasteiger partial charge in [0.05, 0.1) is 0 Å². The Hall–Kier alpha value is -0.390. The zero-order valence-corrected chi connectivity index (χ0v) is 12.0. The monoisotopic (exact) mass is 368 g/mol. The van der Waals surface area contributed by atoms with E-state index in [2.05, 4.69) is 0 Å². The van der Waals surface area contributed by atoms with E-state index in [1.807, 2.05) is 24.3 Å². The summed E-state index contributed by atoms with van der Waals surface area (Å²) < 4.78 is 14.0. The zero-order chi connectivity index (χ0) is 11.5. The fourth-order valence-corrected chi connectivity index (χ4v) is 4.47. The Balaban J connectivity index is 2.32. The number of hydrogen-bond acceptors (Lipinski definition) is 1. The third-order valence-electron chi connectivity index (χ3n) is 2.06. The van der Waals surface area contributed by atoms with Crippen molar-refractivity contribution in [3.63, 3.8) is 0 Å². The first-order valence-corrected chi connectivity index (χ1v) is 8.63. The number of rotatable bonds is 2. The third-order valence-corrected chi connectivity index (χ3v) is 6.56. The summed E-state index contributed by atoms with van der Waals surface area (Å²) in [7, 11) is 0. The average molecular weight is 367 g/mol. The normalized spacial score (nSPS) is 10.7. The molecule has 4 heteroatoms. The molecule has 0 aliphatic rings. The zero-order valence-electron chi connectivity index (χ0n) is 8.19. The molecular formula is C12H8Cl2OTe.